The number of thiazole rings is 1. The molecule has 1 aliphatic rings. The first kappa shape index (κ1) is 14.7. The summed E-state index contributed by atoms with van der Waals surface area (Å²) < 4.78 is 5.63. The highest BCUT2D eigenvalue weighted by Gasteiger charge is 2.17. The Morgan fingerprint density at radius 1 is 1.26 bits per heavy atom. The van der Waals surface area contributed by atoms with Gasteiger partial charge in [-0.15, -0.1) is 22.7 Å². The lowest BCUT2D eigenvalue weighted by Gasteiger charge is -2.12. The van der Waals surface area contributed by atoms with E-state index in [0.717, 1.165) is 47.1 Å². The van der Waals surface area contributed by atoms with E-state index in [2.05, 4.69) is 26.7 Å². The third kappa shape index (κ3) is 3.26. The zero-order valence-electron chi connectivity index (χ0n) is 12.4. The molecule has 0 aromatic carbocycles. The largest absolute Gasteiger partial charge is 0.376 e. The average Bonchev–Trinajstić information content (AvgIpc) is 3.36. The van der Waals surface area contributed by atoms with Crippen LogP contribution in [0, 0.1) is 0 Å². The molecular weight excluding hydrogens is 328 g/mol. The van der Waals surface area contributed by atoms with Gasteiger partial charge in [0.25, 0.3) is 0 Å². The van der Waals surface area contributed by atoms with Crippen LogP contribution in [0.25, 0.3) is 21.1 Å². The highest BCUT2D eigenvalue weighted by molar-refractivity contribution is 7.14. The number of nitrogens with zero attached hydrogens (tertiary/aromatic N) is 3. The second kappa shape index (κ2) is 6.74. The Morgan fingerprint density at radius 2 is 2.26 bits per heavy atom. The van der Waals surface area contributed by atoms with E-state index in [0.29, 0.717) is 5.95 Å². The molecule has 23 heavy (non-hydrogen) atoms. The van der Waals surface area contributed by atoms with Crippen LogP contribution < -0.4 is 5.32 Å². The predicted octanol–water partition coefficient (Wildman–Crippen LogP) is 3.92. The van der Waals surface area contributed by atoms with Gasteiger partial charge >= 0.3 is 0 Å². The number of ether oxygens (including phenoxy) is 1. The lowest BCUT2D eigenvalue weighted by atomic mass is 10.2. The molecule has 1 aliphatic heterocycles. The topological polar surface area (TPSA) is 59.9 Å². The Morgan fingerprint density at radius 3 is 3.00 bits per heavy atom. The van der Waals surface area contributed by atoms with Gasteiger partial charge in [-0.25, -0.2) is 15.0 Å². The maximum atomic E-state index is 5.63. The number of rotatable bonds is 5. The highest BCUT2D eigenvalue weighted by Crippen LogP contribution is 2.34. The second-order valence-corrected chi connectivity index (χ2v) is 7.13. The van der Waals surface area contributed by atoms with Crippen molar-refractivity contribution in [3.8, 4) is 21.1 Å². The normalized spacial score (nSPS) is 17.5. The number of thiophene rings is 1. The van der Waals surface area contributed by atoms with Crippen LogP contribution >= 0.6 is 22.7 Å². The van der Waals surface area contributed by atoms with E-state index in [1.54, 1.807) is 28.9 Å². The van der Waals surface area contributed by atoms with Crippen LogP contribution in [-0.4, -0.2) is 34.2 Å². The zero-order valence-corrected chi connectivity index (χ0v) is 14.1. The molecular formula is C16H16N4OS2. The molecule has 0 spiro atoms. The Bertz CT molecular complexity index is 753. The number of anilines is 1. The van der Waals surface area contributed by atoms with Crippen LogP contribution in [-0.2, 0) is 4.74 Å². The van der Waals surface area contributed by atoms with Crippen molar-refractivity contribution in [1.29, 1.82) is 0 Å². The molecule has 3 aromatic heterocycles. The Balaban J connectivity index is 1.63. The molecule has 1 N–H and O–H groups in total. The van der Waals surface area contributed by atoms with Gasteiger partial charge in [-0.05, 0) is 24.3 Å². The molecule has 4 heterocycles. The fourth-order valence-corrected chi connectivity index (χ4v) is 3.97. The van der Waals surface area contributed by atoms with Crippen LogP contribution in [0.15, 0.2) is 35.3 Å². The van der Waals surface area contributed by atoms with Gasteiger partial charge in [0.1, 0.15) is 10.7 Å². The van der Waals surface area contributed by atoms with Crippen LogP contribution in [0.4, 0.5) is 5.95 Å². The average molecular weight is 344 g/mol. The summed E-state index contributed by atoms with van der Waals surface area (Å²) in [4.78, 5) is 14.8. The maximum absolute atomic E-state index is 5.63. The third-order valence-electron chi connectivity index (χ3n) is 3.72. The lowest BCUT2D eigenvalue weighted by molar-refractivity contribution is 0.120. The molecule has 4 rings (SSSR count). The number of nitrogens with one attached hydrogen (secondary N) is 1. The van der Waals surface area contributed by atoms with Gasteiger partial charge in [-0.2, -0.15) is 0 Å². The first-order valence-electron chi connectivity index (χ1n) is 7.56. The third-order valence-corrected chi connectivity index (χ3v) is 5.41. The van der Waals surface area contributed by atoms with Crippen molar-refractivity contribution in [2.24, 2.45) is 0 Å². The van der Waals surface area contributed by atoms with Crippen LogP contribution in [0.2, 0.25) is 0 Å². The first-order valence-corrected chi connectivity index (χ1v) is 9.32. The van der Waals surface area contributed by atoms with Crippen molar-refractivity contribution in [3.05, 3.63) is 35.3 Å². The number of aromatic nitrogens is 3. The molecule has 1 saturated heterocycles. The standard InChI is InChI=1S/C16H16N4OS2/c1-3-11(21-6-1)9-18-16-19-10-12(13-4-2-7-22-13)14(20-16)15-17-5-8-23-15/h2,4-5,7-8,10-11H,1,3,6,9H2,(H,18,19,20). The zero-order chi connectivity index (χ0) is 15.5. The van der Waals surface area contributed by atoms with Crippen molar-refractivity contribution >= 4 is 28.6 Å². The maximum Gasteiger partial charge on any atom is 0.223 e. The van der Waals surface area contributed by atoms with Crippen molar-refractivity contribution < 1.29 is 4.74 Å². The first-order chi connectivity index (χ1) is 11.4. The summed E-state index contributed by atoms with van der Waals surface area (Å²) in [6, 6.07) is 4.12. The van der Waals surface area contributed by atoms with E-state index >= 15 is 0 Å². The molecule has 0 aliphatic carbocycles. The lowest BCUT2D eigenvalue weighted by Crippen LogP contribution is -2.19. The molecule has 0 bridgehead atoms. The molecule has 0 saturated carbocycles. The number of hydrogen-bond acceptors (Lipinski definition) is 7. The van der Waals surface area contributed by atoms with Crippen molar-refractivity contribution in [2.75, 3.05) is 18.5 Å². The quantitative estimate of drug-likeness (QED) is 0.760. The van der Waals surface area contributed by atoms with Gasteiger partial charge in [0, 0.05) is 41.4 Å². The molecule has 0 amide bonds. The van der Waals surface area contributed by atoms with E-state index in [9.17, 15) is 0 Å². The molecule has 5 nitrogen and oxygen atoms in total. The highest BCUT2D eigenvalue weighted by atomic mass is 32.1. The van der Waals surface area contributed by atoms with E-state index in [1.807, 2.05) is 17.6 Å². The number of hydrogen-bond donors (Lipinski definition) is 1. The van der Waals surface area contributed by atoms with Gasteiger partial charge in [0.2, 0.25) is 5.95 Å². The van der Waals surface area contributed by atoms with Gasteiger partial charge in [-0.1, -0.05) is 6.07 Å². The van der Waals surface area contributed by atoms with Gasteiger partial charge in [0.15, 0.2) is 0 Å². The van der Waals surface area contributed by atoms with E-state index in [1.165, 1.54) is 0 Å². The summed E-state index contributed by atoms with van der Waals surface area (Å²) in [5, 5.41) is 8.23. The second-order valence-electron chi connectivity index (χ2n) is 5.29. The molecule has 1 fully saturated rings. The van der Waals surface area contributed by atoms with Gasteiger partial charge in [0.05, 0.1) is 6.10 Å². The van der Waals surface area contributed by atoms with E-state index < -0.39 is 0 Å². The molecule has 7 heteroatoms. The Kier molecular flexibility index (Phi) is 4.32. The van der Waals surface area contributed by atoms with Crippen molar-refractivity contribution in [1.82, 2.24) is 15.0 Å². The van der Waals surface area contributed by atoms with Crippen LogP contribution in [0.5, 0.6) is 0 Å². The molecule has 1 atom stereocenters. The summed E-state index contributed by atoms with van der Waals surface area (Å²) >= 11 is 3.27. The fraction of sp³-hybridized carbons (Fsp3) is 0.312. The minimum absolute atomic E-state index is 0.263. The summed E-state index contributed by atoms with van der Waals surface area (Å²) in [6.45, 7) is 1.60. The van der Waals surface area contributed by atoms with Crippen LogP contribution in [0.3, 0.4) is 0 Å². The van der Waals surface area contributed by atoms with Gasteiger partial charge in [-0.3, -0.25) is 0 Å². The van der Waals surface area contributed by atoms with Crippen molar-refractivity contribution in [3.63, 3.8) is 0 Å². The Labute approximate surface area is 142 Å². The van der Waals surface area contributed by atoms with Crippen molar-refractivity contribution in [2.45, 2.75) is 18.9 Å². The van der Waals surface area contributed by atoms with E-state index in [-0.39, 0.29) is 6.10 Å². The van der Waals surface area contributed by atoms with E-state index in [4.69, 9.17) is 9.72 Å². The minimum atomic E-state index is 0.263. The predicted molar refractivity (Wildman–Crippen MR) is 93.9 cm³/mol. The SMILES string of the molecule is c1csc(-c2cnc(NCC3CCCO3)nc2-c2nccs2)c1. The Hall–Kier alpha value is -1.83. The minimum Gasteiger partial charge on any atom is -0.376 e. The summed E-state index contributed by atoms with van der Waals surface area (Å²) in [5.41, 5.74) is 1.91. The summed E-state index contributed by atoms with van der Waals surface area (Å²) in [6.07, 6.45) is 6.18. The molecule has 0 radical (unpaired) electrons. The molecule has 118 valence electrons. The van der Waals surface area contributed by atoms with Gasteiger partial charge < -0.3 is 10.1 Å². The smallest absolute Gasteiger partial charge is 0.223 e. The summed E-state index contributed by atoms with van der Waals surface area (Å²) in [5.74, 6) is 0.631. The molecule has 1 unspecified atom stereocenters. The summed E-state index contributed by atoms with van der Waals surface area (Å²) in [7, 11) is 0. The van der Waals surface area contributed by atoms with Crippen LogP contribution in [0.1, 0.15) is 12.8 Å². The molecule has 3 aromatic rings. The fourth-order valence-electron chi connectivity index (χ4n) is 2.59. The monoisotopic (exact) mass is 344 g/mol.